The first-order chi connectivity index (χ1) is 13.1. The number of hydrogen-bond acceptors (Lipinski definition) is 5. The van der Waals surface area contributed by atoms with Gasteiger partial charge in [0.2, 0.25) is 12.3 Å². The van der Waals surface area contributed by atoms with Gasteiger partial charge < -0.3 is 24.4 Å². The fourth-order valence-electron chi connectivity index (χ4n) is 4.23. The molecule has 0 aromatic heterocycles. The molecule has 0 spiro atoms. The van der Waals surface area contributed by atoms with Crippen molar-refractivity contribution in [1.82, 2.24) is 10.2 Å². The second-order valence-electron chi connectivity index (χ2n) is 7.11. The molecule has 2 heterocycles. The van der Waals surface area contributed by atoms with E-state index in [9.17, 15) is 9.59 Å². The van der Waals surface area contributed by atoms with Gasteiger partial charge in [-0.25, -0.2) is 0 Å². The summed E-state index contributed by atoms with van der Waals surface area (Å²) in [7, 11) is 3.27. The monoisotopic (exact) mass is 376 g/mol. The molecule has 0 saturated carbocycles. The standard InChI is InChI=1S/C20H28N2O5/c1-13(24)22-8-6-14(7-9-22)18-10-16-15(19(27-18)11-21-12-23)4-5-17(25-2)20(16)26-3/h4-5,12,14,18-19H,6-11H2,1-3H3,(H,21,23)/t18-,19-/m0/s1. The highest BCUT2D eigenvalue weighted by Gasteiger charge is 2.36. The fourth-order valence-corrected chi connectivity index (χ4v) is 4.23. The van der Waals surface area contributed by atoms with Gasteiger partial charge in [0, 0.05) is 38.5 Å². The number of benzene rings is 1. The normalized spacial score (nSPS) is 22.7. The molecule has 1 fully saturated rings. The van der Waals surface area contributed by atoms with E-state index in [1.807, 2.05) is 17.0 Å². The van der Waals surface area contributed by atoms with E-state index in [2.05, 4.69) is 5.32 Å². The van der Waals surface area contributed by atoms with Crippen LogP contribution in [0.1, 0.15) is 37.0 Å². The zero-order valence-corrected chi connectivity index (χ0v) is 16.2. The Hall–Kier alpha value is -2.28. The summed E-state index contributed by atoms with van der Waals surface area (Å²) in [6.45, 7) is 3.55. The summed E-state index contributed by atoms with van der Waals surface area (Å²) in [6, 6.07) is 3.86. The summed E-state index contributed by atoms with van der Waals surface area (Å²) in [4.78, 5) is 24.3. The number of hydrogen-bond donors (Lipinski definition) is 1. The van der Waals surface area contributed by atoms with Gasteiger partial charge >= 0.3 is 0 Å². The summed E-state index contributed by atoms with van der Waals surface area (Å²) in [5, 5.41) is 2.74. The molecule has 0 unspecified atom stereocenters. The van der Waals surface area contributed by atoms with Gasteiger partial charge in [0.05, 0.1) is 20.3 Å². The van der Waals surface area contributed by atoms with Gasteiger partial charge in [-0.1, -0.05) is 6.07 Å². The Morgan fingerprint density at radius 1 is 1.30 bits per heavy atom. The van der Waals surface area contributed by atoms with E-state index in [-0.39, 0.29) is 18.1 Å². The molecule has 2 aliphatic rings. The number of rotatable bonds is 6. The third kappa shape index (κ3) is 4.03. The number of methoxy groups -OCH3 is 2. The van der Waals surface area contributed by atoms with Gasteiger partial charge in [0.1, 0.15) is 6.10 Å². The Morgan fingerprint density at radius 2 is 2.04 bits per heavy atom. The Labute approximate surface area is 160 Å². The topological polar surface area (TPSA) is 77.1 Å². The van der Waals surface area contributed by atoms with E-state index in [0.717, 1.165) is 49.2 Å². The predicted octanol–water partition coefficient (Wildman–Crippen LogP) is 1.69. The Kier molecular flexibility index (Phi) is 6.21. The first kappa shape index (κ1) is 19.5. The van der Waals surface area contributed by atoms with Crippen molar-refractivity contribution < 1.29 is 23.8 Å². The van der Waals surface area contributed by atoms with Crippen LogP contribution in [0.5, 0.6) is 11.5 Å². The smallest absolute Gasteiger partial charge is 0.219 e. The molecule has 27 heavy (non-hydrogen) atoms. The average molecular weight is 376 g/mol. The van der Waals surface area contributed by atoms with Crippen LogP contribution >= 0.6 is 0 Å². The first-order valence-corrected chi connectivity index (χ1v) is 9.40. The van der Waals surface area contributed by atoms with Crippen LogP contribution in [0, 0.1) is 5.92 Å². The zero-order chi connectivity index (χ0) is 19.4. The molecule has 1 saturated heterocycles. The van der Waals surface area contributed by atoms with Crippen molar-refractivity contribution in [3.8, 4) is 11.5 Å². The molecule has 0 radical (unpaired) electrons. The number of carbonyl (C=O) groups is 2. The number of nitrogens with one attached hydrogen (secondary N) is 1. The highest BCUT2D eigenvalue weighted by Crippen LogP contribution is 2.43. The van der Waals surface area contributed by atoms with Crippen LogP contribution in [0.25, 0.3) is 0 Å². The zero-order valence-electron chi connectivity index (χ0n) is 16.2. The third-order valence-electron chi connectivity index (χ3n) is 5.67. The number of nitrogens with zero attached hydrogens (tertiary/aromatic N) is 1. The maximum atomic E-state index is 11.6. The maximum Gasteiger partial charge on any atom is 0.219 e. The van der Waals surface area contributed by atoms with Crippen LogP contribution in [0.2, 0.25) is 0 Å². The van der Waals surface area contributed by atoms with Crippen LogP contribution < -0.4 is 14.8 Å². The number of amides is 2. The van der Waals surface area contributed by atoms with Crippen LogP contribution in [0.15, 0.2) is 12.1 Å². The summed E-state index contributed by atoms with van der Waals surface area (Å²) in [5.74, 6) is 1.93. The van der Waals surface area contributed by atoms with Crippen molar-refractivity contribution in [1.29, 1.82) is 0 Å². The van der Waals surface area contributed by atoms with Gasteiger partial charge in [-0.15, -0.1) is 0 Å². The van der Waals surface area contributed by atoms with Crippen molar-refractivity contribution >= 4 is 12.3 Å². The highest BCUT2D eigenvalue weighted by atomic mass is 16.5. The molecule has 0 aliphatic carbocycles. The van der Waals surface area contributed by atoms with Crippen LogP contribution in [-0.4, -0.2) is 57.2 Å². The predicted molar refractivity (Wildman–Crippen MR) is 99.9 cm³/mol. The lowest BCUT2D eigenvalue weighted by molar-refractivity contribution is -0.132. The van der Waals surface area contributed by atoms with E-state index < -0.39 is 0 Å². The van der Waals surface area contributed by atoms with E-state index in [0.29, 0.717) is 24.6 Å². The molecule has 2 amide bonds. The molecule has 7 heteroatoms. The van der Waals surface area contributed by atoms with Crippen molar-refractivity contribution in [3.63, 3.8) is 0 Å². The van der Waals surface area contributed by atoms with Crippen LogP contribution in [-0.2, 0) is 20.7 Å². The molecule has 2 aliphatic heterocycles. The quantitative estimate of drug-likeness (QED) is 0.765. The van der Waals surface area contributed by atoms with Crippen LogP contribution in [0.3, 0.4) is 0 Å². The Morgan fingerprint density at radius 3 is 2.63 bits per heavy atom. The van der Waals surface area contributed by atoms with E-state index in [1.165, 1.54) is 0 Å². The summed E-state index contributed by atoms with van der Waals surface area (Å²) in [5.41, 5.74) is 2.11. The minimum atomic E-state index is -0.227. The molecule has 2 atom stereocenters. The number of fused-ring (bicyclic) bond motifs is 1. The number of ether oxygens (including phenoxy) is 3. The molecule has 7 nitrogen and oxygen atoms in total. The molecular weight excluding hydrogens is 348 g/mol. The molecule has 0 bridgehead atoms. The van der Waals surface area contributed by atoms with Gasteiger partial charge in [-0.2, -0.15) is 0 Å². The molecule has 148 valence electrons. The molecule has 1 N–H and O–H groups in total. The van der Waals surface area contributed by atoms with Crippen molar-refractivity contribution in [2.75, 3.05) is 33.9 Å². The lowest BCUT2D eigenvalue weighted by atomic mass is 9.83. The summed E-state index contributed by atoms with van der Waals surface area (Å²) < 4.78 is 17.5. The van der Waals surface area contributed by atoms with Gasteiger partial charge in [-0.05, 0) is 30.4 Å². The molecular formula is C20H28N2O5. The maximum absolute atomic E-state index is 11.6. The lowest BCUT2D eigenvalue weighted by Crippen LogP contribution is -2.43. The molecule has 1 aromatic carbocycles. The summed E-state index contributed by atoms with van der Waals surface area (Å²) in [6.07, 6.45) is 3.05. The Bertz CT molecular complexity index is 685. The van der Waals surface area contributed by atoms with E-state index in [1.54, 1.807) is 21.1 Å². The minimum Gasteiger partial charge on any atom is -0.493 e. The Balaban J connectivity index is 1.85. The lowest BCUT2D eigenvalue weighted by Gasteiger charge is -2.40. The fraction of sp³-hybridized carbons (Fsp3) is 0.600. The molecule has 1 aromatic rings. The second-order valence-corrected chi connectivity index (χ2v) is 7.11. The highest BCUT2D eigenvalue weighted by molar-refractivity contribution is 5.73. The van der Waals surface area contributed by atoms with Crippen molar-refractivity contribution in [2.45, 2.75) is 38.4 Å². The molecule has 3 rings (SSSR count). The van der Waals surface area contributed by atoms with E-state index in [4.69, 9.17) is 14.2 Å². The average Bonchev–Trinajstić information content (AvgIpc) is 2.70. The first-order valence-electron chi connectivity index (χ1n) is 9.40. The van der Waals surface area contributed by atoms with Gasteiger partial charge in [-0.3, -0.25) is 9.59 Å². The van der Waals surface area contributed by atoms with Crippen molar-refractivity contribution in [2.24, 2.45) is 5.92 Å². The van der Waals surface area contributed by atoms with Crippen LogP contribution in [0.4, 0.5) is 0 Å². The van der Waals surface area contributed by atoms with E-state index >= 15 is 0 Å². The number of likely N-dealkylation sites (tertiary alicyclic amines) is 1. The van der Waals surface area contributed by atoms with Gasteiger partial charge in [0.15, 0.2) is 11.5 Å². The second kappa shape index (κ2) is 8.61. The largest absolute Gasteiger partial charge is 0.493 e. The summed E-state index contributed by atoms with van der Waals surface area (Å²) >= 11 is 0. The number of piperidine rings is 1. The number of carbonyl (C=O) groups excluding carboxylic acids is 2. The SMILES string of the molecule is COc1ccc2c(c1OC)C[C@@H](C1CCN(C(C)=O)CC1)O[C@H]2CNC=O. The minimum absolute atomic E-state index is 0.0195. The van der Waals surface area contributed by atoms with Gasteiger partial charge in [0.25, 0.3) is 0 Å². The third-order valence-corrected chi connectivity index (χ3v) is 5.67. The van der Waals surface area contributed by atoms with Crippen molar-refractivity contribution in [3.05, 3.63) is 23.3 Å².